The molecule has 1 aromatic heterocycles. The Hall–Kier alpha value is -2.05. The predicted molar refractivity (Wildman–Crippen MR) is 52.8 cm³/mol. The van der Waals surface area contributed by atoms with Gasteiger partial charge in [0.25, 0.3) is 0 Å². The number of amides is 2. The fraction of sp³-hybridized carbons (Fsp3) is 0.375. The predicted octanol–water partition coefficient (Wildman–Crippen LogP) is 0.638. The molecule has 0 aromatic carbocycles. The van der Waals surface area contributed by atoms with Gasteiger partial charge in [-0.1, -0.05) is 0 Å². The molecule has 0 aliphatic heterocycles. The molecule has 82 valence electrons. The van der Waals surface area contributed by atoms with E-state index in [1.165, 1.54) is 0 Å². The molecule has 0 aliphatic rings. The first kappa shape index (κ1) is 11.0. The molecular formula is C8H12N4O3. The molecule has 0 atom stereocenters. The summed E-state index contributed by atoms with van der Waals surface area (Å²) in [7, 11) is 0. The van der Waals surface area contributed by atoms with Gasteiger partial charge in [0.05, 0.1) is 6.20 Å². The highest BCUT2D eigenvalue weighted by Gasteiger charge is 2.14. The normalized spacial score (nSPS) is 10.1. The highest BCUT2D eigenvalue weighted by Crippen LogP contribution is 2.09. The fourth-order valence-electron chi connectivity index (χ4n) is 0.955. The van der Waals surface area contributed by atoms with Crippen LogP contribution in [0.5, 0.6) is 0 Å². The summed E-state index contributed by atoms with van der Waals surface area (Å²) in [5.74, 6) is -1.08. The Morgan fingerprint density at radius 3 is 2.73 bits per heavy atom. The van der Waals surface area contributed by atoms with Gasteiger partial charge in [0.15, 0.2) is 0 Å². The first-order valence-electron chi connectivity index (χ1n) is 4.35. The van der Waals surface area contributed by atoms with Crippen molar-refractivity contribution in [3.05, 3.63) is 11.8 Å². The monoisotopic (exact) mass is 212 g/mol. The summed E-state index contributed by atoms with van der Waals surface area (Å²) < 4.78 is 0. The van der Waals surface area contributed by atoms with E-state index in [1.807, 2.05) is 0 Å². The number of H-pyrrole nitrogens is 1. The number of aromatic nitrogens is 2. The van der Waals surface area contributed by atoms with Gasteiger partial charge in [0, 0.05) is 6.04 Å². The van der Waals surface area contributed by atoms with Crippen LogP contribution in [0.3, 0.4) is 0 Å². The maximum atomic E-state index is 11.2. The summed E-state index contributed by atoms with van der Waals surface area (Å²) in [4.78, 5) is 21.9. The smallest absolute Gasteiger partial charge is 0.341 e. The van der Waals surface area contributed by atoms with Crippen LogP contribution in [0.2, 0.25) is 0 Å². The topological polar surface area (TPSA) is 107 Å². The van der Waals surface area contributed by atoms with Gasteiger partial charge in [0.2, 0.25) is 0 Å². The number of nitrogens with one attached hydrogen (secondary N) is 3. The summed E-state index contributed by atoms with van der Waals surface area (Å²) in [5, 5.41) is 19.5. The third-order valence-corrected chi connectivity index (χ3v) is 1.53. The first-order valence-corrected chi connectivity index (χ1v) is 4.35. The maximum absolute atomic E-state index is 11.2. The molecule has 1 aromatic rings. The molecule has 1 rings (SSSR count). The summed E-state index contributed by atoms with van der Waals surface area (Å²) in [6.45, 7) is 3.59. The zero-order valence-corrected chi connectivity index (χ0v) is 8.37. The number of hydrogen-bond donors (Lipinski definition) is 4. The lowest BCUT2D eigenvalue weighted by Gasteiger charge is -2.08. The number of nitrogens with zero attached hydrogens (tertiary/aromatic N) is 1. The number of carboxylic acid groups (broad SMARTS) is 1. The van der Waals surface area contributed by atoms with E-state index in [2.05, 4.69) is 20.8 Å². The van der Waals surface area contributed by atoms with Crippen molar-refractivity contribution in [2.24, 2.45) is 0 Å². The Morgan fingerprint density at radius 1 is 1.53 bits per heavy atom. The lowest BCUT2D eigenvalue weighted by atomic mass is 10.3. The number of anilines is 1. The van der Waals surface area contributed by atoms with Gasteiger partial charge in [-0.3, -0.25) is 10.4 Å². The lowest BCUT2D eigenvalue weighted by molar-refractivity contribution is 0.0698. The first-order chi connectivity index (χ1) is 7.00. The van der Waals surface area contributed by atoms with Crippen LogP contribution >= 0.6 is 0 Å². The van der Waals surface area contributed by atoms with Crippen molar-refractivity contribution in [3.8, 4) is 0 Å². The molecule has 2 amide bonds. The van der Waals surface area contributed by atoms with Crippen LogP contribution < -0.4 is 10.6 Å². The van der Waals surface area contributed by atoms with Gasteiger partial charge in [-0.15, -0.1) is 0 Å². The average Bonchev–Trinajstić information content (AvgIpc) is 2.50. The molecule has 0 saturated heterocycles. The molecule has 0 fully saturated rings. The highest BCUT2D eigenvalue weighted by atomic mass is 16.4. The molecule has 0 unspecified atom stereocenters. The minimum Gasteiger partial charge on any atom is -0.477 e. The highest BCUT2D eigenvalue weighted by molar-refractivity contribution is 5.98. The Morgan fingerprint density at radius 2 is 2.20 bits per heavy atom. The molecule has 4 N–H and O–H groups in total. The number of urea groups is 1. The van der Waals surface area contributed by atoms with Crippen molar-refractivity contribution in [2.45, 2.75) is 19.9 Å². The zero-order chi connectivity index (χ0) is 11.4. The van der Waals surface area contributed by atoms with Crippen LogP contribution in [0.4, 0.5) is 10.6 Å². The largest absolute Gasteiger partial charge is 0.477 e. The number of aromatic carboxylic acids is 1. The third kappa shape index (κ3) is 2.97. The Labute approximate surface area is 85.9 Å². The molecule has 15 heavy (non-hydrogen) atoms. The molecule has 0 radical (unpaired) electrons. The van der Waals surface area contributed by atoms with Gasteiger partial charge in [-0.05, 0) is 13.8 Å². The van der Waals surface area contributed by atoms with Crippen molar-refractivity contribution in [1.82, 2.24) is 15.5 Å². The molecule has 0 saturated carbocycles. The van der Waals surface area contributed by atoms with E-state index in [1.54, 1.807) is 13.8 Å². The van der Waals surface area contributed by atoms with Crippen LogP contribution in [0.1, 0.15) is 24.2 Å². The van der Waals surface area contributed by atoms with E-state index in [9.17, 15) is 9.59 Å². The van der Waals surface area contributed by atoms with E-state index in [0.29, 0.717) is 0 Å². The summed E-state index contributed by atoms with van der Waals surface area (Å²) >= 11 is 0. The van der Waals surface area contributed by atoms with E-state index in [0.717, 1.165) is 6.20 Å². The van der Waals surface area contributed by atoms with Gasteiger partial charge < -0.3 is 10.4 Å². The lowest BCUT2D eigenvalue weighted by Crippen LogP contribution is -2.34. The Bertz CT molecular complexity index is 372. The quantitative estimate of drug-likeness (QED) is 0.589. The Kier molecular flexibility index (Phi) is 3.27. The second-order valence-electron chi connectivity index (χ2n) is 3.22. The molecule has 0 spiro atoms. The molecule has 7 nitrogen and oxygen atoms in total. The van der Waals surface area contributed by atoms with Crippen LogP contribution in [-0.4, -0.2) is 33.3 Å². The second-order valence-corrected chi connectivity index (χ2v) is 3.22. The van der Waals surface area contributed by atoms with E-state index in [4.69, 9.17) is 5.11 Å². The average molecular weight is 212 g/mol. The third-order valence-electron chi connectivity index (χ3n) is 1.53. The van der Waals surface area contributed by atoms with Crippen molar-refractivity contribution in [2.75, 3.05) is 5.32 Å². The van der Waals surface area contributed by atoms with E-state index in [-0.39, 0.29) is 17.4 Å². The van der Waals surface area contributed by atoms with E-state index < -0.39 is 12.0 Å². The van der Waals surface area contributed by atoms with Crippen molar-refractivity contribution in [1.29, 1.82) is 0 Å². The SMILES string of the molecule is CC(C)NC(=O)Nc1[nH]ncc1C(=O)O. The fourth-order valence-corrected chi connectivity index (χ4v) is 0.955. The number of hydrogen-bond acceptors (Lipinski definition) is 3. The molecule has 0 bridgehead atoms. The minimum atomic E-state index is -1.15. The van der Waals surface area contributed by atoms with Gasteiger partial charge >= 0.3 is 12.0 Å². The van der Waals surface area contributed by atoms with Crippen LogP contribution in [0.25, 0.3) is 0 Å². The van der Waals surface area contributed by atoms with Gasteiger partial charge in [0.1, 0.15) is 11.4 Å². The number of carbonyl (C=O) groups excluding carboxylic acids is 1. The molecular weight excluding hydrogens is 200 g/mol. The Balaban J connectivity index is 2.68. The molecule has 1 heterocycles. The van der Waals surface area contributed by atoms with Crippen LogP contribution in [0.15, 0.2) is 6.20 Å². The van der Waals surface area contributed by atoms with Crippen molar-refractivity contribution >= 4 is 17.8 Å². The number of aromatic amines is 1. The van der Waals surface area contributed by atoms with Gasteiger partial charge in [-0.2, -0.15) is 5.10 Å². The van der Waals surface area contributed by atoms with Gasteiger partial charge in [-0.25, -0.2) is 9.59 Å². The molecule has 0 aliphatic carbocycles. The van der Waals surface area contributed by atoms with Crippen molar-refractivity contribution < 1.29 is 14.7 Å². The maximum Gasteiger partial charge on any atom is 0.341 e. The second kappa shape index (κ2) is 4.45. The standard InChI is InChI=1S/C8H12N4O3/c1-4(2)10-8(15)11-6-5(7(13)14)3-9-12-6/h3-4H,1-2H3,(H,13,14)(H3,9,10,11,12,15). The van der Waals surface area contributed by atoms with Crippen molar-refractivity contribution in [3.63, 3.8) is 0 Å². The zero-order valence-electron chi connectivity index (χ0n) is 8.37. The molecule has 7 heteroatoms. The van der Waals surface area contributed by atoms with E-state index >= 15 is 0 Å². The summed E-state index contributed by atoms with van der Waals surface area (Å²) in [6.07, 6.45) is 1.13. The number of carbonyl (C=O) groups is 2. The number of rotatable bonds is 3. The summed E-state index contributed by atoms with van der Waals surface area (Å²) in [6, 6.07) is -0.502. The van der Waals surface area contributed by atoms with Crippen LogP contribution in [-0.2, 0) is 0 Å². The number of carboxylic acids is 1. The minimum absolute atomic E-state index is 0.0267. The van der Waals surface area contributed by atoms with Crippen LogP contribution in [0, 0.1) is 0 Å². The summed E-state index contributed by atoms with van der Waals surface area (Å²) in [5.41, 5.74) is -0.0751.